The Hall–Kier alpha value is -6.16. The zero-order chi connectivity index (χ0) is 39.8. The molecule has 2 heterocycles. The van der Waals surface area contributed by atoms with Crippen molar-refractivity contribution in [1.82, 2.24) is 9.97 Å². The van der Waals surface area contributed by atoms with E-state index in [-0.39, 0.29) is 10.8 Å². The molecule has 0 fully saturated rings. The van der Waals surface area contributed by atoms with Crippen LogP contribution in [-0.4, -0.2) is 9.97 Å². The van der Waals surface area contributed by atoms with Gasteiger partial charge in [0.15, 0.2) is 5.82 Å². The fraction of sp³-hybridized carbons (Fsp3) is 0.164. The molecule has 1 aliphatic rings. The summed E-state index contributed by atoms with van der Waals surface area (Å²) < 4.78 is 2.58. The van der Waals surface area contributed by atoms with Gasteiger partial charge < -0.3 is 0 Å². The Labute approximate surface area is 345 Å². The second kappa shape index (κ2) is 13.5. The van der Waals surface area contributed by atoms with E-state index in [2.05, 4.69) is 205 Å². The van der Waals surface area contributed by atoms with Crippen LogP contribution in [0, 0.1) is 0 Å². The number of benzene rings is 7. The predicted octanol–water partition coefficient (Wildman–Crippen LogP) is 14.8. The monoisotopic (exact) mass is 766 g/mol. The standard InChI is InChI=1S/C55H46N2S/c1-53(2,3)38-22-26-40(27-23-38)55(41-28-24-39(25-29-41)54(4,5)6)46-18-12-10-16-42(46)43-30-20-37(33-47(43)55)49-34-48(56-52(57-49)35-14-8-7-9-15-35)36-21-31-51-45(32-36)44-17-11-13-19-50(44)58-51/h7-34H,1-6H3. The van der Waals surface area contributed by atoms with E-state index in [4.69, 9.17) is 9.97 Å². The van der Waals surface area contributed by atoms with Gasteiger partial charge in [0.2, 0.25) is 0 Å². The van der Waals surface area contributed by atoms with E-state index >= 15 is 0 Å². The first-order chi connectivity index (χ1) is 28.0. The van der Waals surface area contributed by atoms with Crippen LogP contribution in [-0.2, 0) is 16.2 Å². The topological polar surface area (TPSA) is 25.8 Å². The zero-order valence-electron chi connectivity index (χ0n) is 34.0. The van der Waals surface area contributed by atoms with Crippen molar-refractivity contribution >= 4 is 31.5 Å². The minimum Gasteiger partial charge on any atom is -0.228 e. The van der Waals surface area contributed by atoms with E-state index in [9.17, 15) is 0 Å². The highest BCUT2D eigenvalue weighted by molar-refractivity contribution is 7.25. The molecule has 3 heteroatoms. The van der Waals surface area contributed by atoms with Gasteiger partial charge in [0.1, 0.15) is 0 Å². The van der Waals surface area contributed by atoms with Crippen LogP contribution >= 0.6 is 11.3 Å². The molecule has 0 amide bonds. The molecule has 0 radical (unpaired) electrons. The predicted molar refractivity (Wildman–Crippen MR) is 246 cm³/mol. The maximum atomic E-state index is 5.34. The fourth-order valence-electron chi connectivity index (χ4n) is 9.01. The smallest absolute Gasteiger partial charge is 0.160 e. The number of aromatic nitrogens is 2. The summed E-state index contributed by atoms with van der Waals surface area (Å²) >= 11 is 1.84. The van der Waals surface area contributed by atoms with Gasteiger partial charge in [0.25, 0.3) is 0 Å². The summed E-state index contributed by atoms with van der Waals surface area (Å²) in [6.45, 7) is 13.7. The largest absolute Gasteiger partial charge is 0.228 e. The van der Waals surface area contributed by atoms with Gasteiger partial charge in [-0.05, 0) is 85.7 Å². The van der Waals surface area contributed by atoms with Crippen LogP contribution in [0.1, 0.15) is 74.9 Å². The van der Waals surface area contributed by atoms with Gasteiger partial charge >= 0.3 is 0 Å². The average molecular weight is 767 g/mol. The molecule has 7 aromatic carbocycles. The van der Waals surface area contributed by atoms with Gasteiger partial charge in [-0.25, -0.2) is 9.97 Å². The molecule has 0 atom stereocenters. The van der Waals surface area contributed by atoms with Crippen molar-refractivity contribution in [2.45, 2.75) is 57.8 Å². The van der Waals surface area contributed by atoms with Crippen molar-refractivity contribution in [1.29, 1.82) is 0 Å². The third kappa shape index (κ3) is 5.91. The van der Waals surface area contributed by atoms with Crippen LogP contribution in [0.3, 0.4) is 0 Å². The van der Waals surface area contributed by atoms with Gasteiger partial charge in [-0.2, -0.15) is 0 Å². The van der Waals surface area contributed by atoms with Gasteiger partial charge in [-0.3, -0.25) is 0 Å². The van der Waals surface area contributed by atoms with Gasteiger partial charge in [-0.1, -0.05) is 181 Å². The molecular weight excluding hydrogens is 721 g/mol. The molecule has 0 bridgehead atoms. The Balaban J connectivity index is 1.21. The molecule has 1 aliphatic carbocycles. The van der Waals surface area contributed by atoms with Crippen molar-refractivity contribution < 1.29 is 0 Å². The van der Waals surface area contributed by atoms with Crippen LogP contribution in [0.5, 0.6) is 0 Å². The lowest BCUT2D eigenvalue weighted by molar-refractivity contribution is 0.588. The zero-order valence-corrected chi connectivity index (χ0v) is 34.8. The van der Waals surface area contributed by atoms with E-state index in [0.29, 0.717) is 5.82 Å². The Kier molecular flexibility index (Phi) is 8.40. The summed E-state index contributed by atoms with van der Waals surface area (Å²) in [5, 5.41) is 2.54. The number of hydrogen-bond donors (Lipinski definition) is 0. The number of nitrogens with zero attached hydrogens (tertiary/aromatic N) is 2. The summed E-state index contributed by atoms with van der Waals surface area (Å²) in [4.78, 5) is 10.6. The molecule has 10 rings (SSSR count). The molecule has 2 aromatic heterocycles. The molecule has 0 saturated carbocycles. The van der Waals surface area contributed by atoms with Gasteiger partial charge in [0, 0.05) is 36.9 Å². The Morgan fingerprint density at radius 2 is 0.948 bits per heavy atom. The van der Waals surface area contributed by atoms with E-state index < -0.39 is 5.41 Å². The van der Waals surface area contributed by atoms with E-state index in [0.717, 1.165) is 28.1 Å². The normalized spacial score (nSPS) is 13.5. The minimum atomic E-state index is -0.544. The molecule has 2 nitrogen and oxygen atoms in total. The number of fused-ring (bicyclic) bond motifs is 6. The third-order valence-electron chi connectivity index (χ3n) is 12.1. The first kappa shape index (κ1) is 36.2. The first-order valence-electron chi connectivity index (χ1n) is 20.3. The summed E-state index contributed by atoms with van der Waals surface area (Å²) in [6, 6.07) is 62.8. The lowest BCUT2D eigenvalue weighted by Gasteiger charge is -2.35. The van der Waals surface area contributed by atoms with Gasteiger partial charge in [-0.15, -0.1) is 11.3 Å². The summed E-state index contributed by atoms with van der Waals surface area (Å²) in [5.41, 5.74) is 14.8. The molecule has 0 unspecified atom stereocenters. The van der Waals surface area contributed by atoms with Gasteiger partial charge in [0.05, 0.1) is 16.8 Å². The lowest BCUT2D eigenvalue weighted by Crippen LogP contribution is -2.29. The molecular formula is C55H46N2S. The van der Waals surface area contributed by atoms with Crippen LogP contribution in [0.4, 0.5) is 0 Å². The average Bonchev–Trinajstić information content (AvgIpc) is 3.76. The quantitative estimate of drug-likeness (QED) is 0.174. The molecule has 0 N–H and O–H groups in total. The molecule has 0 spiro atoms. The number of hydrogen-bond acceptors (Lipinski definition) is 3. The fourth-order valence-corrected chi connectivity index (χ4v) is 10.1. The van der Waals surface area contributed by atoms with Crippen molar-refractivity contribution in [3.63, 3.8) is 0 Å². The Morgan fingerprint density at radius 1 is 0.414 bits per heavy atom. The maximum Gasteiger partial charge on any atom is 0.160 e. The summed E-state index contributed by atoms with van der Waals surface area (Å²) in [7, 11) is 0. The van der Waals surface area contributed by atoms with Crippen LogP contribution in [0.25, 0.3) is 65.2 Å². The SMILES string of the molecule is CC(C)(C)c1ccc(C2(c3ccc(C(C)(C)C)cc3)c3ccccc3-c3ccc(-c4cc(-c5ccc6sc7ccccc7c6c5)nc(-c5ccccc5)n4)cc32)cc1. The summed E-state index contributed by atoms with van der Waals surface area (Å²) in [5.74, 6) is 0.717. The first-order valence-corrected chi connectivity index (χ1v) is 21.1. The molecule has 0 saturated heterocycles. The highest BCUT2D eigenvalue weighted by Gasteiger charge is 2.46. The van der Waals surface area contributed by atoms with Crippen LogP contribution in [0.2, 0.25) is 0 Å². The highest BCUT2D eigenvalue weighted by atomic mass is 32.1. The van der Waals surface area contributed by atoms with Crippen molar-refractivity contribution in [3.8, 4) is 45.0 Å². The molecule has 282 valence electrons. The summed E-state index contributed by atoms with van der Waals surface area (Å²) in [6.07, 6.45) is 0. The number of thiophene rings is 1. The molecule has 9 aromatic rings. The van der Waals surface area contributed by atoms with E-state index in [1.54, 1.807) is 0 Å². The van der Waals surface area contributed by atoms with Crippen LogP contribution in [0.15, 0.2) is 170 Å². The molecule has 58 heavy (non-hydrogen) atoms. The second-order valence-corrected chi connectivity index (χ2v) is 18.9. The molecule has 0 aliphatic heterocycles. The Bertz CT molecular complexity index is 2940. The second-order valence-electron chi connectivity index (χ2n) is 17.8. The third-order valence-corrected chi connectivity index (χ3v) is 13.3. The van der Waals surface area contributed by atoms with Crippen molar-refractivity contribution in [3.05, 3.63) is 203 Å². The Morgan fingerprint density at radius 3 is 1.60 bits per heavy atom. The van der Waals surface area contributed by atoms with Crippen molar-refractivity contribution in [2.24, 2.45) is 0 Å². The minimum absolute atomic E-state index is 0.0426. The number of rotatable bonds is 5. The van der Waals surface area contributed by atoms with Crippen molar-refractivity contribution in [2.75, 3.05) is 0 Å². The maximum absolute atomic E-state index is 5.34. The highest BCUT2D eigenvalue weighted by Crippen LogP contribution is 2.57. The van der Waals surface area contributed by atoms with Crippen LogP contribution < -0.4 is 0 Å². The van der Waals surface area contributed by atoms with E-state index in [1.165, 1.54) is 64.7 Å². The lowest BCUT2D eigenvalue weighted by atomic mass is 9.66. The van der Waals surface area contributed by atoms with E-state index in [1.807, 2.05) is 17.4 Å².